The molecule has 1 aromatic rings. The Morgan fingerprint density at radius 1 is 1.33 bits per heavy atom. The molecule has 0 heterocycles. The molecule has 102 valence electrons. The van der Waals surface area contributed by atoms with E-state index >= 15 is 0 Å². The standard InChI is InChI=1S/C14H22ClNO2/c1-10(7-8-17-4)18-14-6-5-12(15)9-13(14)11(2)16-3/h5-6,9-11,16H,7-8H2,1-4H3. The summed E-state index contributed by atoms with van der Waals surface area (Å²) in [5.74, 6) is 0.879. The van der Waals surface area contributed by atoms with Crippen molar-refractivity contribution in [2.75, 3.05) is 20.8 Å². The highest BCUT2D eigenvalue weighted by Crippen LogP contribution is 2.29. The van der Waals surface area contributed by atoms with Gasteiger partial charge in [0.15, 0.2) is 0 Å². The largest absolute Gasteiger partial charge is 0.490 e. The average Bonchev–Trinajstić information content (AvgIpc) is 2.37. The zero-order valence-corrected chi connectivity index (χ0v) is 12.3. The second-order valence-electron chi connectivity index (χ2n) is 4.40. The molecule has 0 aliphatic carbocycles. The smallest absolute Gasteiger partial charge is 0.124 e. The summed E-state index contributed by atoms with van der Waals surface area (Å²) in [6, 6.07) is 5.93. The Kier molecular flexibility index (Phi) is 6.47. The van der Waals surface area contributed by atoms with Crippen molar-refractivity contribution in [3.05, 3.63) is 28.8 Å². The number of benzene rings is 1. The number of methoxy groups -OCH3 is 1. The third-order valence-electron chi connectivity index (χ3n) is 2.93. The molecule has 1 N–H and O–H groups in total. The van der Waals surface area contributed by atoms with E-state index < -0.39 is 0 Å². The van der Waals surface area contributed by atoms with Crippen LogP contribution in [0.25, 0.3) is 0 Å². The van der Waals surface area contributed by atoms with Gasteiger partial charge in [0.1, 0.15) is 5.75 Å². The fraction of sp³-hybridized carbons (Fsp3) is 0.571. The Hall–Kier alpha value is -0.770. The first kappa shape index (κ1) is 15.3. The first-order chi connectivity index (χ1) is 8.58. The number of hydrogen-bond acceptors (Lipinski definition) is 3. The fourth-order valence-electron chi connectivity index (χ4n) is 1.68. The molecule has 0 saturated heterocycles. The van der Waals surface area contributed by atoms with E-state index in [9.17, 15) is 0 Å². The van der Waals surface area contributed by atoms with Gasteiger partial charge in [-0.15, -0.1) is 0 Å². The summed E-state index contributed by atoms with van der Waals surface area (Å²) >= 11 is 6.03. The van der Waals surface area contributed by atoms with Crippen LogP contribution < -0.4 is 10.1 Å². The molecule has 0 fully saturated rings. The van der Waals surface area contributed by atoms with Gasteiger partial charge in [-0.3, -0.25) is 0 Å². The number of rotatable bonds is 7. The summed E-state index contributed by atoms with van der Waals surface area (Å²) in [6.07, 6.45) is 0.987. The first-order valence-corrected chi connectivity index (χ1v) is 6.58. The van der Waals surface area contributed by atoms with Gasteiger partial charge in [-0.25, -0.2) is 0 Å². The molecule has 2 unspecified atom stereocenters. The molecule has 1 rings (SSSR count). The SMILES string of the molecule is CNC(C)c1cc(Cl)ccc1OC(C)CCOC. The Morgan fingerprint density at radius 2 is 2.06 bits per heavy atom. The minimum absolute atomic E-state index is 0.119. The maximum atomic E-state index is 6.03. The van der Waals surface area contributed by atoms with E-state index in [0.717, 1.165) is 22.8 Å². The van der Waals surface area contributed by atoms with E-state index in [1.54, 1.807) is 7.11 Å². The molecule has 0 bridgehead atoms. The summed E-state index contributed by atoms with van der Waals surface area (Å²) in [6.45, 7) is 4.82. The monoisotopic (exact) mass is 271 g/mol. The lowest BCUT2D eigenvalue weighted by molar-refractivity contribution is 0.134. The quantitative estimate of drug-likeness (QED) is 0.824. The van der Waals surface area contributed by atoms with E-state index in [2.05, 4.69) is 12.2 Å². The average molecular weight is 272 g/mol. The van der Waals surface area contributed by atoms with Crippen LogP contribution in [0.5, 0.6) is 5.75 Å². The highest BCUT2D eigenvalue weighted by atomic mass is 35.5. The van der Waals surface area contributed by atoms with Crippen molar-refractivity contribution in [3.63, 3.8) is 0 Å². The molecule has 2 atom stereocenters. The van der Waals surface area contributed by atoms with Crippen molar-refractivity contribution in [2.45, 2.75) is 32.4 Å². The van der Waals surface area contributed by atoms with Crippen LogP contribution in [0.2, 0.25) is 5.02 Å². The molecule has 1 aromatic carbocycles. The Morgan fingerprint density at radius 3 is 2.67 bits per heavy atom. The number of nitrogens with one attached hydrogen (secondary N) is 1. The maximum Gasteiger partial charge on any atom is 0.124 e. The summed E-state index contributed by atoms with van der Waals surface area (Å²) in [5, 5.41) is 3.93. The molecule has 0 radical (unpaired) electrons. The molecule has 0 amide bonds. The third kappa shape index (κ3) is 4.48. The zero-order chi connectivity index (χ0) is 13.5. The van der Waals surface area contributed by atoms with Crippen molar-refractivity contribution in [3.8, 4) is 5.75 Å². The van der Waals surface area contributed by atoms with E-state index in [-0.39, 0.29) is 12.1 Å². The van der Waals surface area contributed by atoms with Crippen molar-refractivity contribution in [2.24, 2.45) is 0 Å². The predicted molar refractivity (Wildman–Crippen MR) is 75.5 cm³/mol. The Balaban J connectivity index is 2.80. The van der Waals surface area contributed by atoms with Crippen molar-refractivity contribution < 1.29 is 9.47 Å². The van der Waals surface area contributed by atoms with Gasteiger partial charge in [-0.2, -0.15) is 0 Å². The molecular formula is C14H22ClNO2. The fourth-order valence-corrected chi connectivity index (χ4v) is 1.86. The molecule has 3 nitrogen and oxygen atoms in total. The van der Waals surface area contributed by atoms with Gasteiger partial charge in [0.2, 0.25) is 0 Å². The molecule has 18 heavy (non-hydrogen) atoms. The van der Waals surface area contributed by atoms with E-state index in [4.69, 9.17) is 21.1 Å². The van der Waals surface area contributed by atoms with Crippen LogP contribution in [-0.2, 0) is 4.74 Å². The predicted octanol–water partition coefficient (Wildman–Crippen LogP) is 3.42. The van der Waals surface area contributed by atoms with Gasteiger partial charge in [-0.1, -0.05) is 11.6 Å². The topological polar surface area (TPSA) is 30.5 Å². The van der Waals surface area contributed by atoms with Crippen LogP contribution in [0.3, 0.4) is 0 Å². The third-order valence-corrected chi connectivity index (χ3v) is 3.16. The van der Waals surface area contributed by atoms with Gasteiger partial charge in [0.25, 0.3) is 0 Å². The highest BCUT2D eigenvalue weighted by molar-refractivity contribution is 6.30. The van der Waals surface area contributed by atoms with Crippen molar-refractivity contribution in [1.29, 1.82) is 0 Å². The molecule has 0 aromatic heterocycles. The van der Waals surface area contributed by atoms with Crippen LogP contribution in [0, 0.1) is 0 Å². The van der Waals surface area contributed by atoms with Gasteiger partial charge >= 0.3 is 0 Å². The minimum atomic E-state index is 0.119. The zero-order valence-electron chi connectivity index (χ0n) is 11.5. The maximum absolute atomic E-state index is 6.03. The molecule has 0 saturated carbocycles. The first-order valence-electron chi connectivity index (χ1n) is 6.20. The Bertz CT molecular complexity index is 371. The second-order valence-corrected chi connectivity index (χ2v) is 4.84. The van der Waals surface area contributed by atoms with Crippen LogP contribution in [-0.4, -0.2) is 26.9 Å². The molecule has 4 heteroatoms. The number of hydrogen-bond donors (Lipinski definition) is 1. The number of ether oxygens (including phenoxy) is 2. The van der Waals surface area contributed by atoms with Crippen LogP contribution in [0.4, 0.5) is 0 Å². The van der Waals surface area contributed by atoms with Gasteiger partial charge in [0.05, 0.1) is 6.10 Å². The molecular weight excluding hydrogens is 250 g/mol. The van der Waals surface area contributed by atoms with Gasteiger partial charge < -0.3 is 14.8 Å². The molecule has 0 aliphatic rings. The normalized spacial score (nSPS) is 14.3. The lowest BCUT2D eigenvalue weighted by atomic mass is 10.1. The lowest BCUT2D eigenvalue weighted by Crippen LogP contribution is -2.18. The van der Waals surface area contributed by atoms with Gasteiger partial charge in [-0.05, 0) is 39.1 Å². The van der Waals surface area contributed by atoms with E-state index in [0.29, 0.717) is 6.61 Å². The van der Waals surface area contributed by atoms with E-state index in [1.807, 2.05) is 32.2 Å². The summed E-state index contributed by atoms with van der Waals surface area (Å²) in [4.78, 5) is 0. The Labute approximate surface area is 114 Å². The number of halogens is 1. The lowest BCUT2D eigenvalue weighted by Gasteiger charge is -2.20. The van der Waals surface area contributed by atoms with Gasteiger partial charge in [0, 0.05) is 36.8 Å². The summed E-state index contributed by atoms with van der Waals surface area (Å²) in [5.41, 5.74) is 1.08. The minimum Gasteiger partial charge on any atom is -0.490 e. The molecule has 0 spiro atoms. The molecule has 0 aliphatic heterocycles. The second kappa shape index (κ2) is 7.62. The summed E-state index contributed by atoms with van der Waals surface area (Å²) in [7, 11) is 3.62. The highest BCUT2D eigenvalue weighted by Gasteiger charge is 2.13. The van der Waals surface area contributed by atoms with E-state index in [1.165, 1.54) is 0 Å². The van der Waals surface area contributed by atoms with Crippen LogP contribution in [0.15, 0.2) is 18.2 Å². The van der Waals surface area contributed by atoms with Crippen LogP contribution >= 0.6 is 11.6 Å². The van der Waals surface area contributed by atoms with Crippen molar-refractivity contribution >= 4 is 11.6 Å². The van der Waals surface area contributed by atoms with Crippen molar-refractivity contribution in [1.82, 2.24) is 5.32 Å². The summed E-state index contributed by atoms with van der Waals surface area (Å²) < 4.78 is 11.0. The van der Waals surface area contributed by atoms with Crippen LogP contribution in [0.1, 0.15) is 31.9 Å².